The van der Waals surface area contributed by atoms with Crippen LogP contribution in [0.1, 0.15) is 5.56 Å². The quantitative estimate of drug-likeness (QED) is 0.874. The van der Waals surface area contributed by atoms with Gasteiger partial charge in [0, 0.05) is 26.3 Å². The van der Waals surface area contributed by atoms with Crippen LogP contribution in [0.2, 0.25) is 0 Å². The smallest absolute Gasteiger partial charge is 0.224 e. The molecule has 0 spiro atoms. The predicted molar refractivity (Wildman–Crippen MR) is 72.9 cm³/mol. The standard InChI is InChI=1S/C13H16F2N2O2.ClH/c1-19-12-7-16-6-11(12)17-13(18)4-8-2-3-9(14)5-10(8)15;/h2-3,5,11-12,16H,4,6-7H2,1H3,(H,17,18);1H. The van der Waals surface area contributed by atoms with E-state index in [4.69, 9.17) is 4.74 Å². The highest BCUT2D eigenvalue weighted by atomic mass is 35.5. The summed E-state index contributed by atoms with van der Waals surface area (Å²) in [5.41, 5.74) is 0.179. The van der Waals surface area contributed by atoms with Gasteiger partial charge >= 0.3 is 0 Å². The number of amides is 1. The number of hydrogen-bond donors (Lipinski definition) is 2. The predicted octanol–water partition coefficient (Wildman–Crippen LogP) is 1.03. The Morgan fingerprint density at radius 2 is 2.20 bits per heavy atom. The molecule has 20 heavy (non-hydrogen) atoms. The summed E-state index contributed by atoms with van der Waals surface area (Å²) in [6, 6.07) is 3.07. The summed E-state index contributed by atoms with van der Waals surface area (Å²) in [7, 11) is 1.58. The van der Waals surface area contributed by atoms with Crippen LogP contribution in [0.15, 0.2) is 18.2 Å². The maximum Gasteiger partial charge on any atom is 0.224 e. The number of rotatable bonds is 4. The fraction of sp³-hybridized carbons (Fsp3) is 0.462. The molecule has 1 fully saturated rings. The van der Waals surface area contributed by atoms with E-state index in [-0.39, 0.29) is 42.4 Å². The van der Waals surface area contributed by atoms with Crippen LogP contribution in [-0.2, 0) is 16.0 Å². The van der Waals surface area contributed by atoms with Crippen molar-refractivity contribution in [3.05, 3.63) is 35.4 Å². The Morgan fingerprint density at radius 3 is 2.85 bits per heavy atom. The Bertz CT molecular complexity index is 474. The van der Waals surface area contributed by atoms with Crippen LogP contribution >= 0.6 is 12.4 Å². The number of benzene rings is 1. The molecule has 1 heterocycles. The first-order valence-corrected chi connectivity index (χ1v) is 6.07. The molecule has 2 rings (SSSR count). The van der Waals surface area contributed by atoms with Gasteiger partial charge in [-0.25, -0.2) is 8.78 Å². The minimum Gasteiger partial charge on any atom is -0.378 e. The fourth-order valence-electron chi connectivity index (χ4n) is 2.14. The number of carbonyl (C=O) groups excluding carboxylic acids is 1. The molecule has 7 heteroatoms. The second-order valence-electron chi connectivity index (χ2n) is 4.52. The van der Waals surface area contributed by atoms with Gasteiger partial charge in [-0.1, -0.05) is 6.07 Å². The summed E-state index contributed by atoms with van der Waals surface area (Å²) < 4.78 is 31.4. The molecule has 0 aromatic heterocycles. The van der Waals surface area contributed by atoms with Crippen molar-refractivity contribution in [2.75, 3.05) is 20.2 Å². The first-order valence-electron chi connectivity index (χ1n) is 6.07. The maximum absolute atomic E-state index is 13.4. The minimum absolute atomic E-state index is 0. The maximum atomic E-state index is 13.4. The van der Waals surface area contributed by atoms with Crippen LogP contribution in [-0.4, -0.2) is 38.3 Å². The molecule has 1 aromatic rings. The SMILES string of the molecule is COC1CNCC1NC(=O)Cc1ccc(F)cc1F.Cl. The molecule has 112 valence electrons. The molecule has 1 aromatic carbocycles. The summed E-state index contributed by atoms with van der Waals surface area (Å²) in [6.45, 7) is 1.29. The largest absolute Gasteiger partial charge is 0.378 e. The first kappa shape index (κ1) is 16.8. The molecule has 2 N–H and O–H groups in total. The van der Waals surface area contributed by atoms with E-state index in [1.165, 1.54) is 6.07 Å². The molecule has 2 unspecified atom stereocenters. The Hall–Kier alpha value is -1.24. The number of hydrogen-bond acceptors (Lipinski definition) is 3. The first-order chi connectivity index (χ1) is 9.10. The van der Waals surface area contributed by atoms with Crippen LogP contribution < -0.4 is 10.6 Å². The highest BCUT2D eigenvalue weighted by Gasteiger charge is 2.28. The molecule has 4 nitrogen and oxygen atoms in total. The lowest BCUT2D eigenvalue weighted by Gasteiger charge is -2.18. The third kappa shape index (κ3) is 4.13. The summed E-state index contributed by atoms with van der Waals surface area (Å²) >= 11 is 0. The second kappa shape index (κ2) is 7.52. The van der Waals surface area contributed by atoms with Crippen LogP contribution in [0.25, 0.3) is 0 Å². The third-order valence-electron chi connectivity index (χ3n) is 3.17. The van der Waals surface area contributed by atoms with E-state index >= 15 is 0 Å². The molecule has 0 saturated carbocycles. The number of carbonyl (C=O) groups is 1. The number of ether oxygens (including phenoxy) is 1. The molecule has 1 amide bonds. The van der Waals surface area contributed by atoms with Crippen molar-refractivity contribution in [1.82, 2.24) is 10.6 Å². The van der Waals surface area contributed by atoms with Crippen LogP contribution in [0.3, 0.4) is 0 Å². The molecular weight excluding hydrogens is 290 g/mol. The summed E-state index contributed by atoms with van der Waals surface area (Å²) in [5.74, 6) is -1.66. The average Bonchev–Trinajstić information content (AvgIpc) is 2.80. The van der Waals surface area contributed by atoms with Gasteiger partial charge in [-0.05, 0) is 11.6 Å². The van der Waals surface area contributed by atoms with Crippen LogP contribution in [0.5, 0.6) is 0 Å². The Labute approximate surface area is 122 Å². The van der Waals surface area contributed by atoms with Crippen molar-refractivity contribution in [3.63, 3.8) is 0 Å². The highest BCUT2D eigenvalue weighted by molar-refractivity contribution is 5.85. The van der Waals surface area contributed by atoms with Gasteiger partial charge in [0.1, 0.15) is 11.6 Å². The Kier molecular flexibility index (Phi) is 6.32. The highest BCUT2D eigenvalue weighted by Crippen LogP contribution is 2.11. The summed E-state index contributed by atoms with van der Waals surface area (Å²) in [4.78, 5) is 11.8. The van der Waals surface area contributed by atoms with E-state index in [9.17, 15) is 13.6 Å². The Morgan fingerprint density at radius 1 is 1.45 bits per heavy atom. The van der Waals surface area contributed by atoms with Crippen molar-refractivity contribution < 1.29 is 18.3 Å². The minimum atomic E-state index is -0.706. The van der Waals surface area contributed by atoms with Crippen LogP contribution in [0, 0.1) is 11.6 Å². The van der Waals surface area contributed by atoms with Gasteiger partial charge in [-0.3, -0.25) is 4.79 Å². The van der Waals surface area contributed by atoms with Gasteiger partial charge in [-0.15, -0.1) is 12.4 Å². The number of halogens is 3. The molecule has 0 radical (unpaired) electrons. The van der Waals surface area contributed by atoms with Crippen molar-refractivity contribution >= 4 is 18.3 Å². The van der Waals surface area contributed by atoms with Gasteiger partial charge in [0.15, 0.2) is 0 Å². The monoisotopic (exact) mass is 306 g/mol. The van der Waals surface area contributed by atoms with Gasteiger partial charge in [0.05, 0.1) is 18.6 Å². The van der Waals surface area contributed by atoms with E-state index in [0.717, 1.165) is 12.1 Å². The number of nitrogens with one attached hydrogen (secondary N) is 2. The molecule has 0 aliphatic carbocycles. The van der Waals surface area contributed by atoms with Gasteiger partial charge in [0.25, 0.3) is 0 Å². The van der Waals surface area contributed by atoms with E-state index in [1.807, 2.05) is 0 Å². The summed E-state index contributed by atoms with van der Waals surface area (Å²) in [6.07, 6.45) is -0.194. The van der Waals surface area contributed by atoms with Gasteiger partial charge in [-0.2, -0.15) is 0 Å². The number of methoxy groups -OCH3 is 1. The fourth-order valence-corrected chi connectivity index (χ4v) is 2.14. The van der Waals surface area contributed by atoms with E-state index in [2.05, 4.69) is 10.6 Å². The molecule has 1 aliphatic heterocycles. The molecule has 2 atom stereocenters. The lowest BCUT2D eigenvalue weighted by Crippen LogP contribution is -2.44. The average molecular weight is 307 g/mol. The zero-order chi connectivity index (χ0) is 13.8. The van der Waals surface area contributed by atoms with Crippen molar-refractivity contribution in [2.24, 2.45) is 0 Å². The van der Waals surface area contributed by atoms with E-state index in [1.54, 1.807) is 7.11 Å². The topological polar surface area (TPSA) is 50.4 Å². The van der Waals surface area contributed by atoms with Crippen molar-refractivity contribution in [3.8, 4) is 0 Å². The van der Waals surface area contributed by atoms with Crippen molar-refractivity contribution in [1.29, 1.82) is 0 Å². The lowest BCUT2D eigenvalue weighted by molar-refractivity contribution is -0.121. The molecular formula is C13H17ClF2N2O2. The zero-order valence-corrected chi connectivity index (χ0v) is 11.8. The molecule has 0 bridgehead atoms. The van der Waals surface area contributed by atoms with Crippen LogP contribution in [0.4, 0.5) is 8.78 Å². The lowest BCUT2D eigenvalue weighted by atomic mass is 10.1. The van der Waals surface area contributed by atoms with E-state index in [0.29, 0.717) is 13.1 Å². The van der Waals surface area contributed by atoms with E-state index < -0.39 is 11.6 Å². The van der Waals surface area contributed by atoms with Gasteiger partial charge in [0.2, 0.25) is 5.91 Å². The molecule has 1 aliphatic rings. The molecule has 1 saturated heterocycles. The van der Waals surface area contributed by atoms with Gasteiger partial charge < -0.3 is 15.4 Å². The normalized spacial score (nSPS) is 21.4. The third-order valence-corrected chi connectivity index (χ3v) is 3.17. The summed E-state index contributed by atoms with van der Waals surface area (Å²) in [5, 5.41) is 5.88. The Balaban J connectivity index is 0.00000200. The second-order valence-corrected chi connectivity index (χ2v) is 4.52. The zero-order valence-electron chi connectivity index (χ0n) is 11.0. The van der Waals surface area contributed by atoms with Crippen molar-refractivity contribution in [2.45, 2.75) is 18.6 Å².